The van der Waals surface area contributed by atoms with Crippen molar-refractivity contribution in [3.8, 4) is 0 Å². The van der Waals surface area contributed by atoms with Gasteiger partial charge in [0.05, 0.1) is 12.2 Å². The van der Waals surface area contributed by atoms with E-state index >= 15 is 0 Å². The molecule has 0 aliphatic carbocycles. The minimum Gasteiger partial charge on any atom is -0.321 e. The lowest BCUT2D eigenvalue weighted by atomic mass is 10.2. The molecule has 0 saturated carbocycles. The van der Waals surface area contributed by atoms with Gasteiger partial charge in [0.25, 0.3) is 0 Å². The number of hydrogen-bond donors (Lipinski definition) is 1. The maximum Gasteiger partial charge on any atom is 0.175 e. The molecular formula is C15H13Cl2N5. The molecule has 1 aromatic carbocycles. The lowest BCUT2D eigenvalue weighted by Gasteiger charge is -2.14. The van der Waals surface area contributed by atoms with Crippen molar-refractivity contribution in [2.75, 3.05) is 0 Å². The van der Waals surface area contributed by atoms with Gasteiger partial charge in [0.1, 0.15) is 5.52 Å². The molecule has 3 rings (SSSR count). The second kappa shape index (κ2) is 5.94. The number of pyridine rings is 1. The van der Waals surface area contributed by atoms with Gasteiger partial charge in [-0.25, -0.2) is 9.97 Å². The van der Waals surface area contributed by atoms with Gasteiger partial charge in [-0.15, -0.1) is 0 Å². The number of nitrogens with zero attached hydrogens (tertiary/aromatic N) is 4. The number of fused-ring (bicyclic) bond motifs is 1. The molecular weight excluding hydrogens is 321 g/mol. The Morgan fingerprint density at radius 2 is 1.91 bits per heavy atom. The van der Waals surface area contributed by atoms with E-state index in [4.69, 9.17) is 29.0 Å². The van der Waals surface area contributed by atoms with E-state index in [9.17, 15) is 0 Å². The topological polar surface area (TPSA) is 69.1 Å². The molecule has 5 nitrogen and oxygen atoms in total. The minimum absolute atomic E-state index is 0.408. The molecule has 0 amide bonds. The van der Waals surface area contributed by atoms with E-state index in [0.717, 1.165) is 11.1 Å². The third kappa shape index (κ3) is 2.53. The number of rotatable bonds is 2. The van der Waals surface area contributed by atoms with Gasteiger partial charge in [-0.1, -0.05) is 29.3 Å². The molecule has 0 spiro atoms. The first kappa shape index (κ1) is 14.8. The first-order chi connectivity index (χ1) is 10.6. The quantitative estimate of drug-likeness (QED) is 0.579. The summed E-state index contributed by atoms with van der Waals surface area (Å²) >= 11 is 12.5. The summed E-state index contributed by atoms with van der Waals surface area (Å²) in [6.07, 6.45) is 1.70. The third-order valence-corrected chi connectivity index (χ3v) is 4.10. The Labute approximate surface area is 137 Å². The molecule has 22 heavy (non-hydrogen) atoms. The zero-order valence-corrected chi connectivity index (χ0v) is 13.3. The van der Waals surface area contributed by atoms with Crippen molar-refractivity contribution in [3.05, 3.63) is 63.3 Å². The molecule has 112 valence electrons. The highest BCUT2D eigenvalue weighted by atomic mass is 35.5. The normalized spacial score (nSPS) is 12.0. The van der Waals surface area contributed by atoms with Gasteiger partial charge in [-0.3, -0.25) is 0 Å². The Morgan fingerprint density at radius 3 is 2.59 bits per heavy atom. The Morgan fingerprint density at radius 1 is 1.18 bits per heavy atom. The second-order valence-electron chi connectivity index (χ2n) is 4.78. The fraction of sp³-hybridized carbons (Fsp3) is 0.133. The molecule has 0 radical (unpaired) electrons. The SMILES string of the molecule is Cc1nc2cccnc2n(Cc2c(Cl)cccc2Cl)c1=NN. The van der Waals surface area contributed by atoms with Crippen LogP contribution in [0.2, 0.25) is 10.0 Å². The standard InChI is InChI=1S/C15H13Cl2N5/c1-9-14(21-18)22(15-13(20-9)6-3-7-19-15)8-10-11(16)4-2-5-12(10)17/h2-7H,8,18H2,1H3. The van der Waals surface area contributed by atoms with Crippen LogP contribution in [0.1, 0.15) is 11.3 Å². The van der Waals surface area contributed by atoms with Gasteiger partial charge in [0, 0.05) is 21.8 Å². The van der Waals surface area contributed by atoms with Crippen molar-refractivity contribution in [2.45, 2.75) is 13.5 Å². The maximum absolute atomic E-state index is 6.27. The van der Waals surface area contributed by atoms with Gasteiger partial charge in [-0.2, -0.15) is 5.10 Å². The molecule has 0 saturated heterocycles. The molecule has 2 aromatic heterocycles. The molecule has 0 aliphatic rings. The zero-order chi connectivity index (χ0) is 15.7. The summed E-state index contributed by atoms with van der Waals surface area (Å²) in [4.78, 5) is 8.86. The van der Waals surface area contributed by atoms with Gasteiger partial charge < -0.3 is 10.4 Å². The number of aromatic nitrogens is 3. The summed E-state index contributed by atoms with van der Waals surface area (Å²) < 4.78 is 1.87. The van der Waals surface area contributed by atoms with Crippen molar-refractivity contribution >= 4 is 34.4 Å². The average molecular weight is 334 g/mol. The van der Waals surface area contributed by atoms with Crippen molar-refractivity contribution in [3.63, 3.8) is 0 Å². The predicted molar refractivity (Wildman–Crippen MR) is 87.6 cm³/mol. The van der Waals surface area contributed by atoms with Crippen LogP contribution in [0, 0.1) is 6.92 Å². The summed E-state index contributed by atoms with van der Waals surface area (Å²) in [5.41, 5.74) is 3.48. The van der Waals surface area contributed by atoms with Crippen molar-refractivity contribution < 1.29 is 0 Å². The van der Waals surface area contributed by atoms with Crippen LogP contribution in [-0.2, 0) is 6.54 Å². The highest BCUT2D eigenvalue weighted by molar-refractivity contribution is 6.35. The number of halogens is 2. The smallest absolute Gasteiger partial charge is 0.175 e. The fourth-order valence-electron chi connectivity index (χ4n) is 2.36. The van der Waals surface area contributed by atoms with Crippen LogP contribution < -0.4 is 11.3 Å². The van der Waals surface area contributed by atoms with Gasteiger partial charge in [0.2, 0.25) is 0 Å². The lowest BCUT2D eigenvalue weighted by molar-refractivity contribution is 0.735. The highest BCUT2D eigenvalue weighted by Gasteiger charge is 2.12. The van der Waals surface area contributed by atoms with Gasteiger partial charge >= 0.3 is 0 Å². The summed E-state index contributed by atoms with van der Waals surface area (Å²) in [5.74, 6) is 5.54. The average Bonchev–Trinajstić information content (AvgIpc) is 2.50. The molecule has 0 aliphatic heterocycles. The monoisotopic (exact) mass is 333 g/mol. The Kier molecular flexibility index (Phi) is 4.00. The molecule has 3 aromatic rings. The Balaban J connectivity index is 2.30. The highest BCUT2D eigenvalue weighted by Crippen LogP contribution is 2.25. The Bertz CT molecular complexity index is 897. The van der Waals surface area contributed by atoms with Crippen LogP contribution in [0.3, 0.4) is 0 Å². The van der Waals surface area contributed by atoms with Crippen LogP contribution >= 0.6 is 23.2 Å². The van der Waals surface area contributed by atoms with Crippen molar-refractivity contribution in [1.29, 1.82) is 0 Å². The Hall–Kier alpha value is -2.11. The van der Waals surface area contributed by atoms with Crippen LogP contribution in [0.15, 0.2) is 41.6 Å². The van der Waals surface area contributed by atoms with E-state index in [1.54, 1.807) is 24.4 Å². The number of benzene rings is 1. The third-order valence-electron chi connectivity index (χ3n) is 3.39. The summed E-state index contributed by atoms with van der Waals surface area (Å²) in [5, 5.41) is 5.02. The first-order valence-electron chi connectivity index (χ1n) is 6.61. The van der Waals surface area contributed by atoms with Crippen LogP contribution in [0.4, 0.5) is 0 Å². The fourth-order valence-corrected chi connectivity index (χ4v) is 2.88. The molecule has 0 fully saturated rings. The van der Waals surface area contributed by atoms with E-state index < -0.39 is 0 Å². The lowest BCUT2D eigenvalue weighted by Crippen LogP contribution is -2.28. The predicted octanol–water partition coefficient (Wildman–Crippen LogP) is 2.87. The molecule has 2 heterocycles. The van der Waals surface area contributed by atoms with Crippen LogP contribution in [-0.4, -0.2) is 14.5 Å². The molecule has 0 unspecified atom stereocenters. The van der Waals surface area contributed by atoms with Crippen molar-refractivity contribution in [1.82, 2.24) is 14.5 Å². The molecule has 7 heteroatoms. The summed E-state index contributed by atoms with van der Waals surface area (Å²) in [6.45, 7) is 2.26. The van der Waals surface area contributed by atoms with Gasteiger partial charge in [0.15, 0.2) is 11.1 Å². The molecule has 0 atom stereocenters. The largest absolute Gasteiger partial charge is 0.321 e. The summed E-state index contributed by atoms with van der Waals surface area (Å²) in [6, 6.07) is 9.13. The molecule has 0 bridgehead atoms. The van der Waals surface area contributed by atoms with E-state index in [1.165, 1.54) is 0 Å². The van der Waals surface area contributed by atoms with Crippen LogP contribution in [0.5, 0.6) is 0 Å². The van der Waals surface area contributed by atoms with Crippen molar-refractivity contribution in [2.24, 2.45) is 10.9 Å². The van der Waals surface area contributed by atoms with E-state index in [1.807, 2.05) is 23.6 Å². The first-order valence-corrected chi connectivity index (χ1v) is 7.36. The van der Waals surface area contributed by atoms with Crippen LogP contribution in [0.25, 0.3) is 11.2 Å². The zero-order valence-electron chi connectivity index (χ0n) is 11.8. The summed E-state index contributed by atoms with van der Waals surface area (Å²) in [7, 11) is 0. The van der Waals surface area contributed by atoms with E-state index in [2.05, 4.69) is 15.1 Å². The van der Waals surface area contributed by atoms with E-state index in [0.29, 0.717) is 33.4 Å². The number of nitrogens with two attached hydrogens (primary N) is 1. The minimum atomic E-state index is 0.408. The number of aryl methyl sites for hydroxylation is 1. The maximum atomic E-state index is 6.27. The molecule has 2 N–H and O–H groups in total. The second-order valence-corrected chi connectivity index (χ2v) is 5.60. The number of hydrogen-bond acceptors (Lipinski definition) is 4. The van der Waals surface area contributed by atoms with Gasteiger partial charge in [-0.05, 0) is 31.2 Å². The van der Waals surface area contributed by atoms with E-state index in [-0.39, 0.29) is 0 Å².